The van der Waals surface area contributed by atoms with E-state index in [0.717, 1.165) is 42.1 Å². The van der Waals surface area contributed by atoms with Gasteiger partial charge in [0.15, 0.2) is 0 Å². The number of hydrogen-bond donors (Lipinski definition) is 3. The molecule has 0 heterocycles. The summed E-state index contributed by atoms with van der Waals surface area (Å²) in [6.45, 7) is 4.02. The van der Waals surface area contributed by atoms with E-state index in [1.54, 1.807) is 11.8 Å². The number of carbonyl (C=O) groups excluding carboxylic acids is 1. The Morgan fingerprint density at radius 3 is 2.56 bits per heavy atom. The van der Waals surface area contributed by atoms with Crippen LogP contribution in [0.5, 0.6) is 0 Å². The fourth-order valence-electron chi connectivity index (χ4n) is 4.70. The SMILES string of the molecule is CSCCC(NC(=O)c1ccc(CCNCC2CCCCC2)cc1-c1ccccc1C)C(=O)O. The number of benzene rings is 2. The summed E-state index contributed by atoms with van der Waals surface area (Å²) < 4.78 is 0. The van der Waals surface area contributed by atoms with Crippen molar-refractivity contribution in [1.29, 1.82) is 0 Å². The van der Waals surface area contributed by atoms with E-state index in [9.17, 15) is 14.7 Å². The molecular formula is C28H38N2O3S. The number of carbonyl (C=O) groups is 2. The third-order valence-electron chi connectivity index (χ3n) is 6.73. The quantitative estimate of drug-likeness (QED) is 0.357. The van der Waals surface area contributed by atoms with Gasteiger partial charge in [0, 0.05) is 5.56 Å². The zero-order valence-corrected chi connectivity index (χ0v) is 21.3. The topological polar surface area (TPSA) is 78.4 Å². The number of nitrogens with one attached hydrogen (secondary N) is 2. The second-order valence-electron chi connectivity index (χ2n) is 9.30. The van der Waals surface area contributed by atoms with Crippen LogP contribution in [0.3, 0.4) is 0 Å². The van der Waals surface area contributed by atoms with Gasteiger partial charge in [-0.15, -0.1) is 0 Å². The van der Waals surface area contributed by atoms with Crippen molar-refractivity contribution in [2.24, 2.45) is 5.92 Å². The third-order valence-corrected chi connectivity index (χ3v) is 7.37. The van der Waals surface area contributed by atoms with Crippen LogP contribution < -0.4 is 10.6 Å². The molecule has 2 aromatic rings. The Morgan fingerprint density at radius 2 is 1.85 bits per heavy atom. The first-order valence-corrected chi connectivity index (χ1v) is 13.8. The molecule has 0 saturated heterocycles. The van der Waals surface area contributed by atoms with E-state index in [1.807, 2.05) is 49.6 Å². The van der Waals surface area contributed by atoms with Crippen molar-refractivity contribution in [3.63, 3.8) is 0 Å². The van der Waals surface area contributed by atoms with Gasteiger partial charge in [0.05, 0.1) is 0 Å². The molecule has 0 aromatic heterocycles. The van der Waals surface area contributed by atoms with Crippen LogP contribution in [0, 0.1) is 12.8 Å². The molecule has 1 fully saturated rings. The molecule has 1 saturated carbocycles. The van der Waals surface area contributed by atoms with Gasteiger partial charge in [-0.25, -0.2) is 4.79 Å². The molecule has 1 aliphatic rings. The van der Waals surface area contributed by atoms with Gasteiger partial charge < -0.3 is 15.7 Å². The maximum atomic E-state index is 13.2. The van der Waals surface area contributed by atoms with Gasteiger partial charge in [-0.3, -0.25) is 4.79 Å². The van der Waals surface area contributed by atoms with Gasteiger partial charge in [-0.1, -0.05) is 55.7 Å². The molecule has 34 heavy (non-hydrogen) atoms. The Kier molecular flexibility index (Phi) is 10.5. The maximum Gasteiger partial charge on any atom is 0.326 e. The molecule has 3 rings (SSSR count). The summed E-state index contributed by atoms with van der Waals surface area (Å²) in [5, 5.41) is 15.9. The van der Waals surface area contributed by atoms with Crippen molar-refractivity contribution in [2.75, 3.05) is 25.1 Å². The Morgan fingerprint density at radius 1 is 1.09 bits per heavy atom. The minimum Gasteiger partial charge on any atom is -0.480 e. The summed E-state index contributed by atoms with van der Waals surface area (Å²) in [5.41, 5.74) is 4.63. The lowest BCUT2D eigenvalue weighted by Crippen LogP contribution is -2.41. The van der Waals surface area contributed by atoms with Gasteiger partial charge in [0.25, 0.3) is 5.91 Å². The lowest BCUT2D eigenvalue weighted by Gasteiger charge is -2.22. The van der Waals surface area contributed by atoms with Crippen LogP contribution in [0.1, 0.15) is 60.0 Å². The molecule has 2 aromatic carbocycles. The van der Waals surface area contributed by atoms with Gasteiger partial charge in [0.1, 0.15) is 6.04 Å². The molecule has 1 amide bonds. The Labute approximate surface area is 208 Å². The average molecular weight is 483 g/mol. The van der Waals surface area contributed by atoms with Crippen molar-refractivity contribution in [3.8, 4) is 11.1 Å². The van der Waals surface area contributed by atoms with E-state index in [0.29, 0.717) is 17.7 Å². The van der Waals surface area contributed by atoms with E-state index in [4.69, 9.17) is 0 Å². The highest BCUT2D eigenvalue weighted by Gasteiger charge is 2.22. The lowest BCUT2D eigenvalue weighted by molar-refractivity contribution is -0.139. The van der Waals surface area contributed by atoms with Crippen molar-refractivity contribution in [1.82, 2.24) is 10.6 Å². The molecule has 184 valence electrons. The molecular weight excluding hydrogens is 444 g/mol. The number of thioether (sulfide) groups is 1. The second kappa shape index (κ2) is 13.5. The Bertz CT molecular complexity index is 956. The molecule has 6 heteroatoms. The number of aryl methyl sites for hydroxylation is 1. The number of carboxylic acids is 1. The molecule has 5 nitrogen and oxygen atoms in total. The standard InChI is InChI=1S/C28H38N2O3S/c1-20-8-6-7-11-23(20)25-18-21(14-16-29-19-22-9-4-3-5-10-22)12-13-24(25)27(31)30-26(28(32)33)15-17-34-2/h6-8,11-13,18,22,26,29H,3-5,9-10,14-17,19H2,1-2H3,(H,30,31)(H,32,33). The summed E-state index contributed by atoms with van der Waals surface area (Å²) in [6, 6.07) is 13.1. The van der Waals surface area contributed by atoms with E-state index in [1.165, 1.54) is 37.7 Å². The Balaban J connectivity index is 1.75. The number of rotatable bonds is 12. The van der Waals surface area contributed by atoms with Gasteiger partial charge >= 0.3 is 5.97 Å². The molecule has 1 aliphatic carbocycles. The van der Waals surface area contributed by atoms with Crippen LogP contribution in [0.15, 0.2) is 42.5 Å². The van der Waals surface area contributed by atoms with Crippen molar-refractivity contribution >= 4 is 23.6 Å². The van der Waals surface area contributed by atoms with Gasteiger partial charge in [-0.05, 0) is 91.9 Å². The summed E-state index contributed by atoms with van der Waals surface area (Å²) >= 11 is 1.57. The number of carboxylic acid groups (broad SMARTS) is 1. The van der Waals surface area contributed by atoms with E-state index in [2.05, 4.69) is 16.7 Å². The van der Waals surface area contributed by atoms with Crippen molar-refractivity contribution in [3.05, 3.63) is 59.2 Å². The van der Waals surface area contributed by atoms with Crippen LogP contribution in [0.2, 0.25) is 0 Å². The predicted molar refractivity (Wildman–Crippen MR) is 142 cm³/mol. The first-order chi connectivity index (χ1) is 16.5. The minimum absolute atomic E-state index is 0.339. The largest absolute Gasteiger partial charge is 0.480 e. The number of hydrogen-bond acceptors (Lipinski definition) is 4. The first kappa shape index (κ1) is 26.3. The molecule has 1 unspecified atom stereocenters. The zero-order chi connectivity index (χ0) is 24.3. The number of amides is 1. The van der Waals surface area contributed by atoms with Crippen LogP contribution in [0.25, 0.3) is 11.1 Å². The zero-order valence-electron chi connectivity index (χ0n) is 20.4. The van der Waals surface area contributed by atoms with Crippen molar-refractivity contribution < 1.29 is 14.7 Å². The fraction of sp³-hybridized carbons (Fsp3) is 0.500. The normalized spacial score (nSPS) is 15.1. The highest BCUT2D eigenvalue weighted by atomic mass is 32.2. The van der Waals surface area contributed by atoms with Gasteiger partial charge in [0.2, 0.25) is 0 Å². The lowest BCUT2D eigenvalue weighted by atomic mass is 9.89. The molecule has 0 bridgehead atoms. The van der Waals surface area contributed by atoms with Crippen LogP contribution in [0.4, 0.5) is 0 Å². The Hall–Kier alpha value is -2.31. The summed E-state index contributed by atoms with van der Waals surface area (Å²) in [4.78, 5) is 24.8. The predicted octanol–water partition coefficient (Wildman–Crippen LogP) is 5.31. The fourth-order valence-corrected chi connectivity index (χ4v) is 5.17. The minimum atomic E-state index is -1.000. The molecule has 3 N–H and O–H groups in total. The van der Waals surface area contributed by atoms with Crippen LogP contribution in [-0.4, -0.2) is 48.1 Å². The highest BCUT2D eigenvalue weighted by Crippen LogP contribution is 2.29. The molecule has 0 radical (unpaired) electrons. The average Bonchev–Trinajstić information content (AvgIpc) is 2.85. The summed E-state index contributed by atoms with van der Waals surface area (Å²) in [7, 11) is 0. The third kappa shape index (κ3) is 7.60. The summed E-state index contributed by atoms with van der Waals surface area (Å²) in [6.07, 6.45) is 9.98. The van der Waals surface area contributed by atoms with E-state index >= 15 is 0 Å². The smallest absolute Gasteiger partial charge is 0.326 e. The molecule has 1 atom stereocenters. The first-order valence-electron chi connectivity index (χ1n) is 12.4. The second-order valence-corrected chi connectivity index (χ2v) is 10.3. The van der Waals surface area contributed by atoms with E-state index < -0.39 is 12.0 Å². The highest BCUT2D eigenvalue weighted by molar-refractivity contribution is 7.98. The molecule has 0 spiro atoms. The van der Waals surface area contributed by atoms with Crippen LogP contribution in [-0.2, 0) is 11.2 Å². The maximum absolute atomic E-state index is 13.2. The van der Waals surface area contributed by atoms with E-state index in [-0.39, 0.29) is 5.91 Å². The number of aliphatic carboxylic acids is 1. The van der Waals surface area contributed by atoms with Crippen LogP contribution >= 0.6 is 11.8 Å². The monoisotopic (exact) mass is 482 g/mol. The van der Waals surface area contributed by atoms with Gasteiger partial charge in [-0.2, -0.15) is 11.8 Å². The van der Waals surface area contributed by atoms with Crippen molar-refractivity contribution in [2.45, 2.75) is 57.9 Å². The molecule has 0 aliphatic heterocycles. The summed E-state index contributed by atoms with van der Waals surface area (Å²) in [5.74, 6) is 0.138.